The number of carbonyl (C=O) groups excluding carboxylic acids is 9. The fraction of sp³-hybridized carbons (Fsp3) is 0.250. The van der Waals surface area contributed by atoms with Crippen molar-refractivity contribution in [2.75, 3.05) is 19.6 Å². The van der Waals surface area contributed by atoms with Crippen molar-refractivity contribution in [1.29, 1.82) is 0 Å². The molecule has 0 aromatic rings. The van der Waals surface area contributed by atoms with E-state index in [0.29, 0.717) is 9.96 Å². The maximum atomic E-state index is 11.4. The molecule has 4 rings (SSSR count). The van der Waals surface area contributed by atoms with E-state index < -0.39 is 59.8 Å². The Morgan fingerprint density at radius 3 is 1.26 bits per heavy atom. The van der Waals surface area contributed by atoms with Crippen molar-refractivity contribution in [1.82, 2.24) is 19.8 Å². The molecule has 0 bridgehead atoms. The van der Waals surface area contributed by atoms with E-state index in [-0.39, 0.29) is 25.9 Å². The SMILES string of the molecule is O=C(CN1C(=O)C=CC1=O)ON1C(=O)CCC1=O.O=C1C=CC(=O)N1CCN1C(=O)C=CC1=O. The van der Waals surface area contributed by atoms with Gasteiger partial charge in [-0.3, -0.25) is 53.1 Å². The lowest BCUT2D eigenvalue weighted by Gasteiger charge is -2.18. The zero-order valence-electron chi connectivity index (χ0n) is 17.4. The smallest absolute Gasteiger partial charge is 0.328 e. The molecule has 0 atom stereocenters. The Morgan fingerprint density at radius 1 is 0.588 bits per heavy atom. The molecular formula is C20H16N4O10. The van der Waals surface area contributed by atoms with Crippen molar-refractivity contribution in [3.05, 3.63) is 36.5 Å². The Bertz CT molecular complexity index is 1000. The van der Waals surface area contributed by atoms with E-state index in [4.69, 9.17) is 0 Å². The summed E-state index contributed by atoms with van der Waals surface area (Å²) >= 11 is 0. The highest BCUT2D eigenvalue weighted by molar-refractivity contribution is 6.15. The molecule has 4 aliphatic heterocycles. The van der Waals surface area contributed by atoms with Crippen LogP contribution in [0.25, 0.3) is 0 Å². The van der Waals surface area contributed by atoms with Gasteiger partial charge in [0, 0.05) is 62.4 Å². The number of hydroxylamine groups is 2. The van der Waals surface area contributed by atoms with Gasteiger partial charge in [0.25, 0.3) is 47.3 Å². The fourth-order valence-corrected chi connectivity index (χ4v) is 3.01. The topological polar surface area (TPSA) is 176 Å². The van der Waals surface area contributed by atoms with E-state index in [2.05, 4.69) is 4.84 Å². The number of amides is 8. The summed E-state index contributed by atoms with van der Waals surface area (Å²) in [5.41, 5.74) is 0. The molecular weight excluding hydrogens is 456 g/mol. The lowest BCUT2D eigenvalue weighted by atomic mass is 10.4. The molecule has 176 valence electrons. The Kier molecular flexibility index (Phi) is 6.89. The number of carbonyl (C=O) groups is 9. The van der Waals surface area contributed by atoms with Gasteiger partial charge in [-0.05, 0) is 0 Å². The van der Waals surface area contributed by atoms with Crippen LogP contribution in [0, 0.1) is 0 Å². The number of nitrogens with zero attached hydrogens (tertiary/aromatic N) is 4. The number of hydrogen-bond acceptors (Lipinski definition) is 10. The Morgan fingerprint density at radius 2 is 0.912 bits per heavy atom. The Balaban J connectivity index is 0.000000192. The first-order chi connectivity index (χ1) is 16.1. The lowest BCUT2D eigenvalue weighted by Crippen LogP contribution is -2.40. The van der Waals surface area contributed by atoms with Gasteiger partial charge in [0.15, 0.2) is 0 Å². The van der Waals surface area contributed by atoms with Crippen LogP contribution >= 0.6 is 0 Å². The molecule has 14 heteroatoms. The molecule has 0 radical (unpaired) electrons. The molecule has 14 nitrogen and oxygen atoms in total. The number of hydrogen-bond donors (Lipinski definition) is 0. The molecule has 0 saturated carbocycles. The minimum absolute atomic E-state index is 0.0186. The second-order valence-electron chi connectivity index (χ2n) is 6.96. The van der Waals surface area contributed by atoms with E-state index >= 15 is 0 Å². The molecule has 4 aliphatic rings. The van der Waals surface area contributed by atoms with Crippen LogP contribution in [-0.2, 0) is 48.0 Å². The minimum atomic E-state index is -1.02. The third kappa shape index (κ3) is 5.17. The molecule has 8 amide bonds. The summed E-state index contributed by atoms with van der Waals surface area (Å²) in [7, 11) is 0. The molecule has 1 fully saturated rings. The maximum Gasteiger partial charge on any atom is 0.352 e. The van der Waals surface area contributed by atoms with Crippen molar-refractivity contribution >= 4 is 53.2 Å². The highest BCUT2D eigenvalue weighted by Gasteiger charge is 2.34. The molecule has 4 heterocycles. The van der Waals surface area contributed by atoms with Crippen LogP contribution in [-0.4, -0.2) is 92.6 Å². The van der Waals surface area contributed by atoms with Crippen LogP contribution in [0.3, 0.4) is 0 Å². The van der Waals surface area contributed by atoms with Crippen LogP contribution in [0.1, 0.15) is 12.8 Å². The fourth-order valence-electron chi connectivity index (χ4n) is 3.01. The lowest BCUT2D eigenvalue weighted by molar-refractivity contribution is -0.198. The van der Waals surface area contributed by atoms with Crippen LogP contribution in [0.4, 0.5) is 0 Å². The van der Waals surface area contributed by atoms with Crippen molar-refractivity contribution in [3.63, 3.8) is 0 Å². The normalized spacial score (nSPS) is 19.3. The molecule has 0 unspecified atom stereocenters. The highest BCUT2D eigenvalue weighted by atomic mass is 16.7. The summed E-state index contributed by atoms with van der Waals surface area (Å²) < 4.78 is 0. The molecule has 34 heavy (non-hydrogen) atoms. The molecule has 1 saturated heterocycles. The zero-order valence-corrected chi connectivity index (χ0v) is 17.4. The van der Waals surface area contributed by atoms with E-state index in [1.807, 2.05) is 0 Å². The van der Waals surface area contributed by atoms with Gasteiger partial charge in [-0.25, -0.2) is 4.79 Å². The van der Waals surface area contributed by atoms with Gasteiger partial charge in [0.05, 0.1) is 0 Å². The second-order valence-corrected chi connectivity index (χ2v) is 6.96. The summed E-state index contributed by atoms with van der Waals surface area (Å²) in [5.74, 6) is -5.23. The summed E-state index contributed by atoms with van der Waals surface area (Å²) in [6.45, 7) is -0.574. The monoisotopic (exact) mass is 472 g/mol. The first-order valence-electron chi connectivity index (χ1n) is 9.75. The quantitative estimate of drug-likeness (QED) is 0.371. The van der Waals surface area contributed by atoms with Gasteiger partial charge >= 0.3 is 5.97 Å². The zero-order chi connectivity index (χ0) is 25.0. The first-order valence-corrected chi connectivity index (χ1v) is 9.75. The summed E-state index contributed by atoms with van der Waals surface area (Å²) in [4.78, 5) is 108. The predicted molar refractivity (Wildman–Crippen MR) is 105 cm³/mol. The summed E-state index contributed by atoms with van der Waals surface area (Å²) in [5, 5.41) is 0.362. The van der Waals surface area contributed by atoms with Crippen molar-refractivity contribution < 1.29 is 48.0 Å². The maximum absolute atomic E-state index is 11.4. The van der Waals surface area contributed by atoms with E-state index in [0.717, 1.165) is 46.3 Å². The van der Waals surface area contributed by atoms with Gasteiger partial charge in [-0.1, -0.05) is 0 Å². The Labute approximate surface area is 190 Å². The van der Waals surface area contributed by atoms with Gasteiger partial charge in [0.1, 0.15) is 6.54 Å². The average Bonchev–Trinajstić information content (AvgIpc) is 3.49. The van der Waals surface area contributed by atoms with Crippen LogP contribution < -0.4 is 0 Å². The van der Waals surface area contributed by atoms with Crippen molar-refractivity contribution in [3.8, 4) is 0 Å². The summed E-state index contributed by atoms with van der Waals surface area (Å²) in [6, 6.07) is 0. The number of rotatable bonds is 6. The van der Waals surface area contributed by atoms with Crippen LogP contribution in [0.2, 0.25) is 0 Å². The minimum Gasteiger partial charge on any atom is -0.328 e. The molecule has 0 aromatic carbocycles. The highest BCUT2D eigenvalue weighted by Crippen LogP contribution is 2.13. The second kappa shape index (κ2) is 9.81. The van der Waals surface area contributed by atoms with Crippen LogP contribution in [0.15, 0.2) is 36.5 Å². The summed E-state index contributed by atoms with van der Waals surface area (Å²) in [6.07, 6.45) is 6.64. The van der Waals surface area contributed by atoms with Crippen molar-refractivity contribution in [2.24, 2.45) is 0 Å². The molecule has 0 aliphatic carbocycles. The number of imide groups is 4. The standard InChI is InChI=1S/C10H8N2O6.C10H8N2O4/c13-6-1-2-7(14)11(6)5-10(17)18-12-8(15)3-4-9(12)16;13-7-1-2-8(14)11(7)5-6-12-9(15)3-4-10(12)16/h1-2H,3-5H2;1-4H,5-6H2. The molecule has 0 N–H and O–H groups in total. The molecule has 0 spiro atoms. The van der Waals surface area contributed by atoms with E-state index in [1.165, 1.54) is 0 Å². The first kappa shape index (κ1) is 23.9. The predicted octanol–water partition coefficient (Wildman–Crippen LogP) is -2.64. The van der Waals surface area contributed by atoms with Crippen LogP contribution in [0.5, 0.6) is 0 Å². The third-order valence-electron chi connectivity index (χ3n) is 4.73. The van der Waals surface area contributed by atoms with Crippen molar-refractivity contribution in [2.45, 2.75) is 12.8 Å². The van der Waals surface area contributed by atoms with Gasteiger partial charge in [-0.15, -0.1) is 5.06 Å². The molecule has 0 aromatic heterocycles. The van der Waals surface area contributed by atoms with Gasteiger partial charge in [0.2, 0.25) is 0 Å². The Hall–Kier alpha value is -4.75. The van der Waals surface area contributed by atoms with Gasteiger partial charge in [-0.2, -0.15) is 0 Å². The third-order valence-corrected chi connectivity index (χ3v) is 4.73. The van der Waals surface area contributed by atoms with E-state index in [1.54, 1.807) is 0 Å². The average molecular weight is 472 g/mol. The largest absolute Gasteiger partial charge is 0.352 e. The van der Waals surface area contributed by atoms with E-state index in [9.17, 15) is 43.2 Å². The van der Waals surface area contributed by atoms with Gasteiger partial charge < -0.3 is 4.84 Å².